The first-order chi connectivity index (χ1) is 18.1. The van der Waals surface area contributed by atoms with Crippen LogP contribution in [0.3, 0.4) is 0 Å². The van der Waals surface area contributed by atoms with Gasteiger partial charge in [0.2, 0.25) is 0 Å². The molecule has 0 unspecified atom stereocenters. The van der Waals surface area contributed by atoms with E-state index in [9.17, 15) is 4.79 Å². The van der Waals surface area contributed by atoms with Crippen molar-refractivity contribution < 1.29 is 14.4 Å². The van der Waals surface area contributed by atoms with Gasteiger partial charge in [0, 0.05) is 30.0 Å². The summed E-state index contributed by atoms with van der Waals surface area (Å²) in [6, 6.07) is 9.83. The Morgan fingerprint density at radius 3 is 2.62 bits per heavy atom. The molecule has 37 heavy (non-hydrogen) atoms. The third-order valence-corrected chi connectivity index (χ3v) is 6.76. The molecule has 0 amide bonds. The number of nitrogens with zero attached hydrogens (tertiary/aromatic N) is 2. The van der Waals surface area contributed by atoms with Gasteiger partial charge in [-0.05, 0) is 82.9 Å². The lowest BCUT2D eigenvalue weighted by Crippen LogP contribution is -2.20. The lowest BCUT2D eigenvalue weighted by Gasteiger charge is -2.18. The van der Waals surface area contributed by atoms with Gasteiger partial charge in [0.1, 0.15) is 18.1 Å². The summed E-state index contributed by atoms with van der Waals surface area (Å²) in [6.45, 7) is 4.10. The SMILES string of the molecule is CN.CNc1c(C=N)ccc2c1CON=C2C=O.Clc1cc(CCCN2CCCC2)ccc1OC1CC1. The minimum absolute atomic E-state index is 0.286. The number of anilines is 1. The number of benzene rings is 2. The van der Waals surface area contributed by atoms with Crippen LogP contribution < -0.4 is 15.8 Å². The zero-order chi connectivity index (χ0) is 26.6. The fraction of sp³-hybridized carbons (Fsp3) is 0.464. The third-order valence-electron chi connectivity index (χ3n) is 6.46. The molecule has 9 heteroatoms. The van der Waals surface area contributed by atoms with Crippen molar-refractivity contribution in [3.63, 3.8) is 0 Å². The van der Waals surface area contributed by atoms with E-state index in [1.807, 2.05) is 6.07 Å². The maximum absolute atomic E-state index is 10.8. The molecule has 2 aromatic rings. The number of aryl methyl sites for hydroxylation is 1. The van der Waals surface area contributed by atoms with E-state index in [2.05, 4.69) is 33.2 Å². The van der Waals surface area contributed by atoms with E-state index in [0.717, 1.165) is 39.6 Å². The van der Waals surface area contributed by atoms with E-state index in [0.29, 0.717) is 19.0 Å². The summed E-state index contributed by atoms with van der Waals surface area (Å²) >= 11 is 6.27. The molecule has 8 nitrogen and oxygen atoms in total. The number of rotatable bonds is 9. The summed E-state index contributed by atoms with van der Waals surface area (Å²) in [7, 11) is 3.27. The Morgan fingerprint density at radius 2 is 2.00 bits per heavy atom. The van der Waals surface area contributed by atoms with Crippen molar-refractivity contribution in [1.82, 2.24) is 4.90 Å². The van der Waals surface area contributed by atoms with Crippen molar-refractivity contribution in [1.29, 1.82) is 5.41 Å². The molecule has 2 fully saturated rings. The van der Waals surface area contributed by atoms with Crippen LogP contribution in [0.4, 0.5) is 5.69 Å². The first-order valence-electron chi connectivity index (χ1n) is 12.9. The van der Waals surface area contributed by atoms with Crippen LogP contribution in [0.15, 0.2) is 35.5 Å². The number of aldehydes is 1. The quantitative estimate of drug-likeness (QED) is 0.323. The molecule has 1 saturated carbocycles. The highest BCUT2D eigenvalue weighted by Crippen LogP contribution is 2.32. The lowest BCUT2D eigenvalue weighted by molar-refractivity contribution is -0.102. The number of hydrogen-bond acceptors (Lipinski definition) is 8. The molecule has 0 bridgehead atoms. The molecular weight excluding hydrogens is 490 g/mol. The molecule has 0 atom stereocenters. The minimum Gasteiger partial charge on any atom is -0.489 e. The molecule has 200 valence electrons. The normalized spacial score (nSPS) is 16.1. The second-order valence-corrected chi connectivity index (χ2v) is 9.46. The van der Waals surface area contributed by atoms with Crippen molar-refractivity contribution >= 4 is 35.5 Å². The molecule has 2 aliphatic heterocycles. The number of fused-ring (bicyclic) bond motifs is 1. The van der Waals surface area contributed by atoms with Crippen molar-refractivity contribution in [2.24, 2.45) is 10.9 Å². The number of hydrogen-bond donors (Lipinski definition) is 3. The first-order valence-corrected chi connectivity index (χ1v) is 13.3. The number of halogens is 1. The van der Waals surface area contributed by atoms with E-state index in [1.54, 1.807) is 19.2 Å². The molecule has 2 heterocycles. The van der Waals surface area contributed by atoms with E-state index < -0.39 is 0 Å². The topological polar surface area (TPSA) is 113 Å². The molecule has 0 spiro atoms. The number of nitrogens with one attached hydrogen (secondary N) is 2. The maximum atomic E-state index is 10.8. The average molecular weight is 528 g/mol. The van der Waals surface area contributed by atoms with Gasteiger partial charge in [-0.25, -0.2) is 0 Å². The number of ether oxygens (including phenoxy) is 1. The number of oxime groups is 1. The summed E-state index contributed by atoms with van der Waals surface area (Å²) < 4.78 is 5.76. The Bertz CT molecular complexity index is 1080. The van der Waals surface area contributed by atoms with Gasteiger partial charge in [-0.15, -0.1) is 0 Å². The second-order valence-electron chi connectivity index (χ2n) is 9.05. The van der Waals surface area contributed by atoms with Crippen LogP contribution in [-0.2, 0) is 22.7 Å². The Hall–Kier alpha value is -2.94. The zero-order valence-electron chi connectivity index (χ0n) is 21.8. The Balaban J connectivity index is 0.000000195. The van der Waals surface area contributed by atoms with E-state index >= 15 is 0 Å². The number of carbonyl (C=O) groups is 1. The number of likely N-dealkylation sites (tertiary alicyclic amines) is 1. The largest absolute Gasteiger partial charge is 0.489 e. The van der Waals surface area contributed by atoms with Gasteiger partial charge in [-0.1, -0.05) is 35.0 Å². The van der Waals surface area contributed by atoms with Gasteiger partial charge in [-0.2, -0.15) is 0 Å². The van der Waals surface area contributed by atoms with Gasteiger partial charge < -0.3 is 30.9 Å². The third kappa shape index (κ3) is 8.02. The predicted octanol–water partition coefficient (Wildman–Crippen LogP) is 4.64. The van der Waals surface area contributed by atoms with E-state index in [4.69, 9.17) is 26.6 Å². The van der Waals surface area contributed by atoms with Crippen molar-refractivity contribution in [2.75, 3.05) is 39.0 Å². The fourth-order valence-corrected chi connectivity index (χ4v) is 4.69. The highest BCUT2D eigenvalue weighted by Gasteiger charge is 2.24. The van der Waals surface area contributed by atoms with Crippen LogP contribution in [0, 0.1) is 5.41 Å². The summed E-state index contributed by atoms with van der Waals surface area (Å²) in [5.41, 5.74) is 9.30. The predicted molar refractivity (Wildman–Crippen MR) is 150 cm³/mol. The van der Waals surface area contributed by atoms with E-state index in [-0.39, 0.29) is 5.71 Å². The minimum atomic E-state index is 0.286. The van der Waals surface area contributed by atoms with Crippen molar-refractivity contribution in [2.45, 2.75) is 51.2 Å². The maximum Gasteiger partial charge on any atom is 0.172 e. The Kier molecular flexibility index (Phi) is 11.4. The van der Waals surface area contributed by atoms with Crippen LogP contribution in [0.2, 0.25) is 5.02 Å². The van der Waals surface area contributed by atoms with Crippen molar-refractivity contribution in [3.8, 4) is 5.75 Å². The Labute approximate surface area is 224 Å². The second kappa shape index (κ2) is 14.7. The molecule has 0 radical (unpaired) electrons. The first kappa shape index (κ1) is 28.6. The van der Waals surface area contributed by atoms with Gasteiger partial charge in [0.15, 0.2) is 6.29 Å². The number of nitrogens with two attached hydrogens (primary N) is 1. The summed E-state index contributed by atoms with van der Waals surface area (Å²) in [5.74, 6) is 0.854. The fourth-order valence-electron chi connectivity index (χ4n) is 4.45. The summed E-state index contributed by atoms with van der Waals surface area (Å²) in [4.78, 5) is 18.3. The Morgan fingerprint density at radius 1 is 1.24 bits per heavy atom. The molecule has 4 N–H and O–H groups in total. The standard InChI is InChI=1S/C16H22ClNO.C11H11N3O2.CH5N/c17-15-12-13(4-3-11-18-9-1-2-10-18)5-8-16(15)19-14-6-7-14;1-13-11-7(4-12)2-3-8-9(11)6-16-14-10(8)5-15;1-2/h5,8,12,14H,1-4,6-7,9-11H2;2-5,12-13H,6H2,1H3;2H2,1H3. The van der Waals surface area contributed by atoms with Crippen LogP contribution in [0.25, 0.3) is 0 Å². The zero-order valence-corrected chi connectivity index (χ0v) is 22.5. The average Bonchev–Trinajstić information content (AvgIpc) is 3.61. The smallest absolute Gasteiger partial charge is 0.172 e. The summed E-state index contributed by atoms with van der Waals surface area (Å²) in [5, 5.41) is 14.8. The number of carbonyl (C=O) groups excluding carboxylic acids is 1. The van der Waals surface area contributed by atoms with Crippen LogP contribution in [-0.4, -0.2) is 62.9 Å². The molecule has 1 aliphatic carbocycles. The molecule has 2 aromatic carbocycles. The molecule has 0 aromatic heterocycles. The summed E-state index contributed by atoms with van der Waals surface area (Å²) in [6.07, 6.45) is 9.78. The molecular formula is C28H38ClN5O3. The molecule has 3 aliphatic rings. The molecule has 1 saturated heterocycles. The van der Waals surface area contributed by atoms with E-state index in [1.165, 1.54) is 70.6 Å². The van der Waals surface area contributed by atoms with Crippen molar-refractivity contribution in [3.05, 3.63) is 57.6 Å². The van der Waals surface area contributed by atoms with Crippen LogP contribution in [0.1, 0.15) is 54.4 Å². The lowest BCUT2D eigenvalue weighted by atomic mass is 9.98. The highest BCUT2D eigenvalue weighted by molar-refractivity contribution is 6.37. The van der Waals surface area contributed by atoms with Gasteiger partial charge in [0.25, 0.3) is 0 Å². The monoisotopic (exact) mass is 527 g/mol. The van der Waals surface area contributed by atoms with Gasteiger partial charge in [-0.3, -0.25) is 4.79 Å². The van der Waals surface area contributed by atoms with Crippen LogP contribution >= 0.6 is 11.6 Å². The van der Waals surface area contributed by atoms with Crippen LogP contribution in [0.5, 0.6) is 5.75 Å². The molecule has 5 rings (SSSR count). The van der Waals surface area contributed by atoms with Gasteiger partial charge >= 0.3 is 0 Å². The van der Waals surface area contributed by atoms with Gasteiger partial charge in [0.05, 0.1) is 16.8 Å². The highest BCUT2D eigenvalue weighted by atomic mass is 35.5.